The monoisotopic (exact) mass is 324 g/mol. The van der Waals surface area contributed by atoms with Crippen LogP contribution in [0.4, 0.5) is 39.5 Å². The van der Waals surface area contributed by atoms with Crippen molar-refractivity contribution in [3.63, 3.8) is 0 Å². The highest BCUT2D eigenvalue weighted by Gasteiger charge is 2.77. The molecule has 0 radical (unpaired) electrons. The Labute approximate surface area is 104 Å². The zero-order chi connectivity index (χ0) is 16.6. The lowest BCUT2D eigenvalue weighted by Gasteiger charge is -2.32. The van der Waals surface area contributed by atoms with Crippen LogP contribution in [-0.2, 0) is 14.3 Å². The van der Waals surface area contributed by atoms with E-state index in [1.54, 1.807) is 4.74 Å². The molecule has 1 atom stereocenters. The molecule has 0 saturated heterocycles. The molecule has 0 bridgehead atoms. The molecule has 0 saturated carbocycles. The molecule has 0 amide bonds. The molecule has 0 aromatic heterocycles. The van der Waals surface area contributed by atoms with Gasteiger partial charge < -0.3 is 9.84 Å². The molecule has 20 heavy (non-hydrogen) atoms. The quantitative estimate of drug-likeness (QED) is 0.764. The topological polar surface area (TPSA) is 55.8 Å². The summed E-state index contributed by atoms with van der Waals surface area (Å²) in [5.41, 5.74) is 0. The van der Waals surface area contributed by atoms with E-state index < -0.39 is 36.6 Å². The SMILES string of the molecule is CC(OC(F)(F)C(F)(F)C(F)(F)OC(F)(F)F)C(=O)O. The van der Waals surface area contributed by atoms with E-state index in [2.05, 4.69) is 4.74 Å². The molecule has 0 aliphatic rings. The highest BCUT2D eigenvalue weighted by atomic mass is 19.4. The van der Waals surface area contributed by atoms with Gasteiger partial charge in [0.1, 0.15) is 0 Å². The summed E-state index contributed by atoms with van der Waals surface area (Å²) in [6.07, 6.45) is -22.0. The van der Waals surface area contributed by atoms with Crippen molar-refractivity contribution in [2.45, 2.75) is 37.5 Å². The van der Waals surface area contributed by atoms with Gasteiger partial charge in [-0.3, -0.25) is 0 Å². The van der Waals surface area contributed by atoms with Crippen molar-refractivity contribution in [2.75, 3.05) is 0 Å². The van der Waals surface area contributed by atoms with Gasteiger partial charge in [-0.15, -0.1) is 13.2 Å². The highest BCUT2D eigenvalue weighted by molar-refractivity contribution is 5.71. The van der Waals surface area contributed by atoms with Crippen LogP contribution >= 0.6 is 0 Å². The van der Waals surface area contributed by atoms with E-state index in [1.165, 1.54) is 0 Å². The van der Waals surface area contributed by atoms with Gasteiger partial charge in [-0.05, 0) is 6.92 Å². The zero-order valence-corrected chi connectivity index (χ0v) is 9.15. The summed E-state index contributed by atoms with van der Waals surface area (Å²) in [7, 11) is 0. The van der Waals surface area contributed by atoms with Crippen LogP contribution in [-0.4, -0.2) is 41.7 Å². The molecule has 0 aliphatic carbocycles. The normalized spacial score (nSPS) is 16.1. The number of alkyl halides is 9. The first kappa shape index (κ1) is 18.8. The minimum absolute atomic E-state index is 0.273. The molecule has 120 valence electrons. The Balaban J connectivity index is 5.32. The molecule has 0 aliphatic heterocycles. The number of carboxylic acids is 1. The lowest BCUT2D eigenvalue weighted by molar-refractivity contribution is -0.508. The Morgan fingerprint density at radius 3 is 1.65 bits per heavy atom. The van der Waals surface area contributed by atoms with Crippen LogP contribution in [0.2, 0.25) is 0 Å². The first-order valence-electron chi connectivity index (χ1n) is 4.34. The van der Waals surface area contributed by atoms with E-state index in [0.29, 0.717) is 0 Å². The number of halogens is 9. The molecule has 13 heteroatoms. The van der Waals surface area contributed by atoms with E-state index in [-0.39, 0.29) is 6.92 Å². The maximum atomic E-state index is 12.7. The Morgan fingerprint density at radius 1 is 0.950 bits per heavy atom. The zero-order valence-electron chi connectivity index (χ0n) is 9.15. The van der Waals surface area contributed by atoms with E-state index in [4.69, 9.17) is 5.11 Å². The fourth-order valence-corrected chi connectivity index (χ4v) is 0.725. The van der Waals surface area contributed by atoms with Crippen LogP contribution in [0.25, 0.3) is 0 Å². The van der Waals surface area contributed by atoms with E-state index in [1.807, 2.05) is 0 Å². The van der Waals surface area contributed by atoms with Crippen LogP contribution in [0.1, 0.15) is 6.92 Å². The van der Waals surface area contributed by atoms with Crippen molar-refractivity contribution in [3.05, 3.63) is 0 Å². The summed E-state index contributed by atoms with van der Waals surface area (Å²) in [5.74, 6) is -9.01. The fraction of sp³-hybridized carbons (Fsp3) is 0.857. The second kappa shape index (κ2) is 5.27. The average Bonchev–Trinajstić information content (AvgIpc) is 2.11. The predicted octanol–water partition coefficient (Wildman–Crippen LogP) is 2.83. The van der Waals surface area contributed by atoms with Crippen LogP contribution < -0.4 is 0 Å². The Bertz CT molecular complexity index is 364. The predicted molar refractivity (Wildman–Crippen MR) is 40.2 cm³/mol. The molecule has 0 fully saturated rings. The minimum atomic E-state index is -6.78. The number of hydrogen-bond acceptors (Lipinski definition) is 3. The number of carbonyl (C=O) groups is 1. The number of ether oxygens (including phenoxy) is 2. The van der Waals surface area contributed by atoms with Gasteiger partial charge in [0, 0.05) is 0 Å². The molecule has 1 unspecified atom stereocenters. The first-order valence-corrected chi connectivity index (χ1v) is 4.34. The van der Waals surface area contributed by atoms with Crippen molar-refractivity contribution < 1.29 is 58.9 Å². The lowest BCUT2D eigenvalue weighted by atomic mass is 10.2. The van der Waals surface area contributed by atoms with Gasteiger partial charge in [-0.1, -0.05) is 0 Å². The molecular weight excluding hydrogens is 319 g/mol. The lowest BCUT2D eigenvalue weighted by Crippen LogP contribution is -2.59. The van der Waals surface area contributed by atoms with Gasteiger partial charge in [0.2, 0.25) is 0 Å². The van der Waals surface area contributed by atoms with E-state index >= 15 is 0 Å². The van der Waals surface area contributed by atoms with Gasteiger partial charge in [-0.25, -0.2) is 9.53 Å². The summed E-state index contributed by atoms with van der Waals surface area (Å²) in [6.45, 7) is 0.273. The second-order valence-electron chi connectivity index (χ2n) is 3.25. The highest BCUT2D eigenvalue weighted by Crippen LogP contribution is 2.49. The molecule has 0 aromatic carbocycles. The molecule has 0 rings (SSSR count). The van der Waals surface area contributed by atoms with Gasteiger partial charge >= 0.3 is 30.5 Å². The van der Waals surface area contributed by atoms with Crippen LogP contribution in [0.5, 0.6) is 0 Å². The van der Waals surface area contributed by atoms with Crippen LogP contribution in [0, 0.1) is 0 Å². The summed E-state index contributed by atoms with van der Waals surface area (Å²) in [5, 5.41) is 8.10. The first-order chi connectivity index (χ1) is 8.53. The van der Waals surface area contributed by atoms with Crippen molar-refractivity contribution >= 4 is 5.97 Å². The van der Waals surface area contributed by atoms with Crippen molar-refractivity contribution in [1.82, 2.24) is 0 Å². The molecular formula is C7H5F9O4. The number of carboxylic acid groups (broad SMARTS) is 1. The molecule has 0 spiro atoms. The smallest absolute Gasteiger partial charge is 0.479 e. The van der Waals surface area contributed by atoms with Gasteiger partial charge in [0.05, 0.1) is 0 Å². The fourth-order valence-electron chi connectivity index (χ4n) is 0.725. The molecule has 1 N–H and O–H groups in total. The second-order valence-corrected chi connectivity index (χ2v) is 3.25. The van der Waals surface area contributed by atoms with Crippen molar-refractivity contribution in [1.29, 1.82) is 0 Å². The molecule has 4 nitrogen and oxygen atoms in total. The third-order valence-electron chi connectivity index (χ3n) is 1.65. The summed E-state index contributed by atoms with van der Waals surface area (Å²) in [6, 6.07) is 0. The van der Waals surface area contributed by atoms with Crippen LogP contribution in [0.3, 0.4) is 0 Å². The Morgan fingerprint density at radius 2 is 1.35 bits per heavy atom. The van der Waals surface area contributed by atoms with Crippen LogP contribution in [0.15, 0.2) is 0 Å². The summed E-state index contributed by atoms with van der Waals surface area (Å²) < 4.78 is 115. The van der Waals surface area contributed by atoms with Gasteiger partial charge in [-0.2, -0.15) is 26.3 Å². The number of aliphatic carboxylic acids is 1. The third kappa shape index (κ3) is 4.13. The van der Waals surface area contributed by atoms with E-state index in [0.717, 1.165) is 0 Å². The van der Waals surface area contributed by atoms with Crippen molar-refractivity contribution in [2.24, 2.45) is 0 Å². The summed E-state index contributed by atoms with van der Waals surface area (Å²) in [4.78, 5) is 10.1. The maximum absolute atomic E-state index is 12.7. The Hall–Kier alpha value is -1.24. The third-order valence-corrected chi connectivity index (χ3v) is 1.65. The standard InChI is InChI=1S/C7H5F9O4/c1-2(3(17)18)19-5(10,11)4(8,9)6(12,13)20-7(14,15)16/h2H,1H3,(H,17,18). The minimum Gasteiger partial charge on any atom is -0.479 e. The Kier molecular flexibility index (Phi) is 4.95. The van der Waals surface area contributed by atoms with Gasteiger partial charge in [0.15, 0.2) is 6.10 Å². The maximum Gasteiger partial charge on any atom is 0.527 e. The summed E-state index contributed by atoms with van der Waals surface area (Å²) >= 11 is 0. The molecule has 0 aromatic rings. The number of hydrogen-bond donors (Lipinski definition) is 1. The van der Waals surface area contributed by atoms with Crippen molar-refractivity contribution in [3.8, 4) is 0 Å². The molecule has 0 heterocycles. The average molecular weight is 324 g/mol. The largest absolute Gasteiger partial charge is 0.527 e. The number of rotatable bonds is 6. The van der Waals surface area contributed by atoms with Gasteiger partial charge in [0.25, 0.3) is 0 Å². The van der Waals surface area contributed by atoms with E-state index in [9.17, 15) is 44.3 Å².